The third-order valence-corrected chi connectivity index (χ3v) is 5.88. The van der Waals surface area contributed by atoms with Gasteiger partial charge in [-0.05, 0) is 54.3 Å². The van der Waals surface area contributed by atoms with Gasteiger partial charge in [0.2, 0.25) is 11.4 Å². The maximum absolute atomic E-state index is 14.0. The molecule has 0 saturated heterocycles. The van der Waals surface area contributed by atoms with Crippen LogP contribution in [0.15, 0.2) is 71.3 Å². The number of fused-ring (bicyclic) bond motifs is 3. The van der Waals surface area contributed by atoms with Crippen molar-refractivity contribution in [3.05, 3.63) is 83.9 Å². The Morgan fingerprint density at radius 1 is 0.968 bits per heavy atom. The smallest absolute Gasteiger partial charge is 0.227 e. The zero-order valence-corrected chi connectivity index (χ0v) is 18.1. The van der Waals surface area contributed by atoms with Crippen molar-refractivity contribution in [1.82, 2.24) is 4.98 Å². The molecule has 5 rings (SSSR count). The topological polar surface area (TPSA) is 29.9 Å². The number of halogens is 1. The molecule has 5 aromatic rings. The van der Waals surface area contributed by atoms with E-state index in [0.717, 1.165) is 50.0 Å². The van der Waals surface area contributed by atoms with E-state index < -0.39 is 0 Å². The van der Waals surface area contributed by atoms with E-state index in [0.29, 0.717) is 11.6 Å². The molecule has 0 bridgehead atoms. The molecule has 0 radical (unpaired) electrons. The van der Waals surface area contributed by atoms with Gasteiger partial charge in [-0.1, -0.05) is 38.1 Å². The minimum Gasteiger partial charge on any atom is -0.437 e. The summed E-state index contributed by atoms with van der Waals surface area (Å²) < 4.78 is 22.5. The third-order valence-electron chi connectivity index (χ3n) is 5.88. The molecule has 154 valence electrons. The molecule has 0 unspecified atom stereocenters. The predicted molar refractivity (Wildman–Crippen MR) is 122 cm³/mol. The lowest BCUT2D eigenvalue weighted by Gasteiger charge is -2.10. The molecule has 0 saturated carbocycles. The molecule has 0 amide bonds. The largest absolute Gasteiger partial charge is 0.437 e. The number of aryl methyl sites for hydroxylation is 2. The van der Waals surface area contributed by atoms with Gasteiger partial charge in [0.25, 0.3) is 0 Å². The summed E-state index contributed by atoms with van der Waals surface area (Å²) in [5.41, 5.74) is 7.34. The van der Waals surface area contributed by atoms with Crippen LogP contribution in [0.3, 0.4) is 0 Å². The van der Waals surface area contributed by atoms with Crippen LogP contribution in [0.5, 0.6) is 0 Å². The average Bonchev–Trinajstić information content (AvgIpc) is 3.12. The molecule has 0 N–H and O–H groups in total. The second-order valence-corrected chi connectivity index (χ2v) is 8.37. The highest BCUT2D eigenvalue weighted by Crippen LogP contribution is 2.40. The van der Waals surface area contributed by atoms with E-state index in [2.05, 4.69) is 49.6 Å². The van der Waals surface area contributed by atoms with Crippen LogP contribution in [0.1, 0.15) is 31.0 Å². The summed E-state index contributed by atoms with van der Waals surface area (Å²) in [5, 5.41) is 2.04. The van der Waals surface area contributed by atoms with E-state index >= 15 is 0 Å². The normalized spacial score (nSPS) is 11.7. The Kier molecular flexibility index (Phi) is 4.58. The van der Waals surface area contributed by atoms with Gasteiger partial charge in [0.15, 0.2) is 11.8 Å². The molecular formula is C27H24FN2O+. The van der Waals surface area contributed by atoms with Crippen LogP contribution in [0.2, 0.25) is 0 Å². The van der Waals surface area contributed by atoms with E-state index in [9.17, 15) is 4.39 Å². The van der Waals surface area contributed by atoms with E-state index in [4.69, 9.17) is 9.40 Å². The fourth-order valence-electron chi connectivity index (χ4n) is 4.26. The number of hydrogen-bond donors (Lipinski definition) is 0. The van der Waals surface area contributed by atoms with Crippen LogP contribution in [-0.2, 0) is 7.05 Å². The zero-order chi connectivity index (χ0) is 21.7. The first-order valence-corrected chi connectivity index (χ1v) is 10.5. The van der Waals surface area contributed by atoms with E-state index in [1.54, 1.807) is 12.1 Å². The second-order valence-electron chi connectivity index (χ2n) is 8.37. The van der Waals surface area contributed by atoms with Gasteiger partial charge < -0.3 is 4.42 Å². The Balaban J connectivity index is 1.86. The van der Waals surface area contributed by atoms with E-state index in [-0.39, 0.29) is 5.82 Å². The van der Waals surface area contributed by atoms with E-state index in [1.807, 2.05) is 31.4 Å². The van der Waals surface area contributed by atoms with Gasteiger partial charge in [-0.15, -0.1) is 0 Å². The highest BCUT2D eigenvalue weighted by molar-refractivity contribution is 6.09. The summed E-state index contributed by atoms with van der Waals surface area (Å²) in [6.07, 6.45) is 2.01. The summed E-state index contributed by atoms with van der Waals surface area (Å²) in [6.45, 7) is 6.33. The highest BCUT2D eigenvalue weighted by Gasteiger charge is 2.25. The second kappa shape index (κ2) is 7.31. The first kappa shape index (κ1) is 19.4. The average molecular weight is 412 g/mol. The van der Waals surface area contributed by atoms with Crippen molar-refractivity contribution in [2.45, 2.75) is 26.7 Å². The number of hydrogen-bond acceptors (Lipinski definition) is 2. The number of nitrogens with zero attached hydrogens (tertiary/aromatic N) is 2. The minimum absolute atomic E-state index is 0.251. The van der Waals surface area contributed by atoms with Gasteiger partial charge in [-0.25, -0.2) is 13.9 Å². The van der Waals surface area contributed by atoms with Gasteiger partial charge >= 0.3 is 0 Å². The van der Waals surface area contributed by atoms with Crippen LogP contribution in [0.25, 0.3) is 44.5 Å². The van der Waals surface area contributed by atoms with E-state index in [1.165, 1.54) is 6.07 Å². The molecule has 0 spiro atoms. The summed E-state index contributed by atoms with van der Waals surface area (Å²) in [7, 11) is 2.01. The Morgan fingerprint density at radius 3 is 2.55 bits per heavy atom. The summed E-state index contributed by atoms with van der Waals surface area (Å²) in [5.74, 6) is 0.0735. The van der Waals surface area contributed by atoms with Crippen molar-refractivity contribution in [2.75, 3.05) is 0 Å². The molecule has 4 heteroatoms. The lowest BCUT2D eigenvalue weighted by molar-refractivity contribution is -0.659. The lowest BCUT2D eigenvalue weighted by Crippen LogP contribution is -2.31. The maximum Gasteiger partial charge on any atom is 0.227 e. The summed E-state index contributed by atoms with van der Waals surface area (Å²) >= 11 is 0. The third kappa shape index (κ3) is 3.19. The number of rotatable bonds is 3. The summed E-state index contributed by atoms with van der Waals surface area (Å²) in [4.78, 5) is 4.77. The van der Waals surface area contributed by atoms with Crippen molar-refractivity contribution in [3.8, 4) is 22.4 Å². The quantitative estimate of drug-likeness (QED) is 0.309. The number of aromatic nitrogens is 2. The van der Waals surface area contributed by atoms with Crippen LogP contribution in [-0.4, -0.2) is 4.98 Å². The Labute approximate surface area is 180 Å². The molecule has 31 heavy (non-hydrogen) atoms. The van der Waals surface area contributed by atoms with Gasteiger partial charge in [-0.2, -0.15) is 0 Å². The Hall–Kier alpha value is -3.53. The zero-order valence-electron chi connectivity index (χ0n) is 18.1. The van der Waals surface area contributed by atoms with Gasteiger partial charge in [0.1, 0.15) is 12.9 Å². The van der Waals surface area contributed by atoms with Crippen LogP contribution >= 0.6 is 0 Å². The van der Waals surface area contributed by atoms with Crippen LogP contribution < -0.4 is 4.57 Å². The van der Waals surface area contributed by atoms with Crippen LogP contribution in [0, 0.1) is 12.7 Å². The Bertz CT molecular complexity index is 1450. The standard InChI is InChI=1S/C27H24FN2O/c1-16(2)23-13-12-22-21-11-10-17(3)24(26(21)31-27(22)29-23)25-20(9-6-14-30(25)4)18-7-5-8-19(28)15-18/h5-16H,1-4H3/q+1. The molecule has 0 aliphatic carbocycles. The summed E-state index contributed by atoms with van der Waals surface area (Å²) in [6, 6.07) is 19.1. The number of benzene rings is 2. The van der Waals surface area contributed by atoms with Crippen molar-refractivity contribution >= 4 is 22.1 Å². The molecule has 0 atom stereocenters. The number of furan rings is 1. The molecule has 0 aliphatic rings. The molecule has 3 heterocycles. The fourth-order valence-corrected chi connectivity index (χ4v) is 4.26. The monoisotopic (exact) mass is 411 g/mol. The molecule has 3 aromatic heterocycles. The van der Waals surface area contributed by atoms with Gasteiger partial charge in [0, 0.05) is 22.5 Å². The molecule has 0 aliphatic heterocycles. The SMILES string of the molecule is Cc1ccc2c(oc3nc(C(C)C)ccc32)c1-c1c(-c2cccc(F)c2)ccc[n+]1C. The first-order chi connectivity index (χ1) is 14.9. The lowest BCUT2D eigenvalue weighted by atomic mass is 9.94. The fraction of sp³-hybridized carbons (Fsp3) is 0.185. The minimum atomic E-state index is -0.251. The van der Waals surface area contributed by atoms with Crippen LogP contribution in [0.4, 0.5) is 4.39 Å². The first-order valence-electron chi connectivity index (χ1n) is 10.5. The molecule has 3 nitrogen and oxygen atoms in total. The molecule has 2 aromatic carbocycles. The molecular weight excluding hydrogens is 387 g/mol. The number of pyridine rings is 2. The molecule has 0 fully saturated rings. The maximum atomic E-state index is 14.0. The predicted octanol–water partition coefficient (Wildman–Crippen LogP) is 6.71. The van der Waals surface area contributed by atoms with Crippen molar-refractivity contribution in [3.63, 3.8) is 0 Å². The van der Waals surface area contributed by atoms with Gasteiger partial charge in [0.05, 0.1) is 11.1 Å². The van der Waals surface area contributed by atoms with Crippen molar-refractivity contribution in [1.29, 1.82) is 0 Å². The Morgan fingerprint density at radius 2 is 1.77 bits per heavy atom. The van der Waals surface area contributed by atoms with Crippen molar-refractivity contribution in [2.24, 2.45) is 7.05 Å². The highest BCUT2D eigenvalue weighted by atomic mass is 19.1. The van der Waals surface area contributed by atoms with Crippen molar-refractivity contribution < 1.29 is 13.4 Å². The van der Waals surface area contributed by atoms with Gasteiger partial charge in [-0.3, -0.25) is 0 Å².